The summed E-state index contributed by atoms with van der Waals surface area (Å²) < 4.78 is 18.7. The number of ether oxygens (including phenoxy) is 1. The fraction of sp³-hybridized carbons (Fsp3) is 0.0714. The molecule has 0 bridgehead atoms. The Labute approximate surface area is 113 Å². The molecule has 0 aliphatic rings. The summed E-state index contributed by atoms with van der Waals surface area (Å²) in [5.74, 6) is -2.38. The van der Waals surface area contributed by atoms with Gasteiger partial charge in [0.15, 0.2) is 0 Å². The summed E-state index contributed by atoms with van der Waals surface area (Å²) in [4.78, 5) is 14.8. The summed E-state index contributed by atoms with van der Waals surface area (Å²) in [5, 5.41) is 17.8. The fourth-order valence-electron chi connectivity index (χ4n) is 1.64. The number of halogens is 1. The first kappa shape index (κ1) is 13.5. The molecule has 1 aromatic heterocycles. The average molecular weight is 272 g/mol. The second-order valence-electron chi connectivity index (χ2n) is 3.83. The van der Waals surface area contributed by atoms with E-state index in [9.17, 15) is 9.18 Å². The molecule has 0 spiro atoms. The lowest BCUT2D eigenvalue weighted by Gasteiger charge is -2.10. The molecular weight excluding hydrogens is 263 g/mol. The normalized spacial score (nSPS) is 9.80. The van der Waals surface area contributed by atoms with Crippen molar-refractivity contribution in [2.24, 2.45) is 0 Å². The summed E-state index contributed by atoms with van der Waals surface area (Å²) >= 11 is 0. The molecule has 0 radical (unpaired) electrons. The number of carboxylic acids is 1. The van der Waals surface area contributed by atoms with Crippen LogP contribution in [0.25, 0.3) is 0 Å². The third kappa shape index (κ3) is 2.72. The fourth-order valence-corrected chi connectivity index (χ4v) is 1.64. The quantitative estimate of drug-likeness (QED) is 0.923. The van der Waals surface area contributed by atoms with Crippen LogP contribution >= 0.6 is 0 Å². The monoisotopic (exact) mass is 272 g/mol. The van der Waals surface area contributed by atoms with Gasteiger partial charge >= 0.3 is 5.97 Å². The van der Waals surface area contributed by atoms with Crippen LogP contribution < -0.4 is 4.74 Å². The molecule has 0 atom stereocenters. The van der Waals surface area contributed by atoms with E-state index in [0.717, 1.165) is 6.07 Å². The standard InChI is InChI=1S/C14H9FN2O3/c15-10-4-1-5-12(13(10)14(18)19)20-8-9-3-2-6-17-11(9)7-16/h1-6H,8H2,(H,18,19). The minimum atomic E-state index is -1.41. The van der Waals surface area contributed by atoms with Gasteiger partial charge in [-0.2, -0.15) is 5.26 Å². The van der Waals surface area contributed by atoms with E-state index < -0.39 is 17.3 Å². The number of hydrogen-bond donors (Lipinski definition) is 1. The van der Waals surface area contributed by atoms with E-state index >= 15 is 0 Å². The van der Waals surface area contributed by atoms with Gasteiger partial charge in [0.05, 0.1) is 0 Å². The predicted octanol–water partition coefficient (Wildman–Crippen LogP) is 2.37. The predicted molar refractivity (Wildman–Crippen MR) is 66.6 cm³/mol. The van der Waals surface area contributed by atoms with Gasteiger partial charge in [-0.1, -0.05) is 12.1 Å². The summed E-state index contributed by atoms with van der Waals surface area (Å²) in [6.45, 7) is -0.0690. The lowest BCUT2D eigenvalue weighted by molar-refractivity contribution is 0.0686. The zero-order chi connectivity index (χ0) is 14.5. The minimum Gasteiger partial charge on any atom is -0.488 e. The zero-order valence-electron chi connectivity index (χ0n) is 10.2. The number of carbonyl (C=O) groups is 1. The van der Waals surface area contributed by atoms with Gasteiger partial charge in [0, 0.05) is 11.8 Å². The number of aromatic nitrogens is 1. The van der Waals surface area contributed by atoms with Crippen molar-refractivity contribution in [3.63, 3.8) is 0 Å². The molecule has 0 amide bonds. The second-order valence-corrected chi connectivity index (χ2v) is 3.83. The number of benzene rings is 1. The first-order chi connectivity index (χ1) is 9.63. The van der Waals surface area contributed by atoms with Gasteiger partial charge in [-0.3, -0.25) is 0 Å². The van der Waals surface area contributed by atoms with Crippen molar-refractivity contribution in [3.8, 4) is 11.8 Å². The van der Waals surface area contributed by atoms with Gasteiger partial charge in [-0.25, -0.2) is 14.2 Å². The lowest BCUT2D eigenvalue weighted by Crippen LogP contribution is -2.07. The smallest absolute Gasteiger partial charge is 0.342 e. The highest BCUT2D eigenvalue weighted by Crippen LogP contribution is 2.22. The van der Waals surface area contributed by atoms with Crippen molar-refractivity contribution in [3.05, 3.63) is 59.2 Å². The Balaban J connectivity index is 2.26. The molecule has 0 aliphatic heterocycles. The Morgan fingerprint density at radius 1 is 1.40 bits per heavy atom. The summed E-state index contributed by atoms with van der Waals surface area (Å²) in [7, 11) is 0. The molecule has 5 nitrogen and oxygen atoms in total. The van der Waals surface area contributed by atoms with Crippen molar-refractivity contribution in [2.75, 3.05) is 0 Å². The van der Waals surface area contributed by atoms with Crippen LogP contribution in [0.2, 0.25) is 0 Å². The molecule has 2 aromatic rings. The Kier molecular flexibility index (Phi) is 3.91. The Morgan fingerprint density at radius 2 is 2.20 bits per heavy atom. The highest BCUT2D eigenvalue weighted by atomic mass is 19.1. The molecule has 0 unspecified atom stereocenters. The molecule has 0 fully saturated rings. The third-order valence-electron chi connectivity index (χ3n) is 2.57. The van der Waals surface area contributed by atoms with Crippen LogP contribution in [0.3, 0.4) is 0 Å². The highest BCUT2D eigenvalue weighted by molar-refractivity contribution is 5.91. The Bertz CT molecular complexity index is 695. The van der Waals surface area contributed by atoms with Crippen molar-refractivity contribution >= 4 is 5.97 Å². The van der Waals surface area contributed by atoms with Crippen LogP contribution in [0.1, 0.15) is 21.6 Å². The molecule has 0 saturated heterocycles. The van der Waals surface area contributed by atoms with Crippen LogP contribution in [-0.2, 0) is 6.61 Å². The molecule has 1 aromatic carbocycles. The maximum absolute atomic E-state index is 13.4. The lowest BCUT2D eigenvalue weighted by atomic mass is 10.2. The molecule has 1 heterocycles. The van der Waals surface area contributed by atoms with Gasteiger partial charge < -0.3 is 9.84 Å². The van der Waals surface area contributed by atoms with Gasteiger partial charge in [0.2, 0.25) is 0 Å². The van der Waals surface area contributed by atoms with Gasteiger partial charge in [-0.15, -0.1) is 0 Å². The summed E-state index contributed by atoms with van der Waals surface area (Å²) in [6.07, 6.45) is 1.47. The van der Waals surface area contributed by atoms with Gasteiger partial charge in [0.25, 0.3) is 0 Å². The van der Waals surface area contributed by atoms with E-state index in [2.05, 4.69) is 4.98 Å². The van der Waals surface area contributed by atoms with Crippen LogP contribution in [0.15, 0.2) is 36.5 Å². The summed E-state index contributed by atoms with van der Waals surface area (Å²) in [5.41, 5.74) is 0.145. The molecule has 2 rings (SSSR count). The van der Waals surface area contributed by atoms with E-state index in [0.29, 0.717) is 5.56 Å². The maximum Gasteiger partial charge on any atom is 0.342 e. The molecule has 1 N–H and O–H groups in total. The number of nitriles is 1. The number of hydrogen-bond acceptors (Lipinski definition) is 4. The number of pyridine rings is 1. The van der Waals surface area contributed by atoms with Gasteiger partial charge in [-0.05, 0) is 18.2 Å². The number of rotatable bonds is 4. The summed E-state index contributed by atoms with van der Waals surface area (Å²) in [6, 6.07) is 8.91. The van der Waals surface area contributed by atoms with E-state index in [1.165, 1.54) is 18.3 Å². The van der Waals surface area contributed by atoms with Crippen molar-refractivity contribution < 1.29 is 19.0 Å². The molecule has 6 heteroatoms. The number of carboxylic acid groups (broad SMARTS) is 1. The van der Waals surface area contributed by atoms with Crippen molar-refractivity contribution in [2.45, 2.75) is 6.61 Å². The SMILES string of the molecule is N#Cc1ncccc1COc1cccc(F)c1C(=O)O. The van der Waals surface area contributed by atoms with Crippen LogP contribution in [0, 0.1) is 17.1 Å². The number of nitrogens with zero attached hydrogens (tertiary/aromatic N) is 2. The average Bonchev–Trinajstić information content (AvgIpc) is 2.45. The molecule has 100 valence electrons. The van der Waals surface area contributed by atoms with Crippen molar-refractivity contribution in [1.82, 2.24) is 4.98 Å². The Morgan fingerprint density at radius 3 is 2.90 bits per heavy atom. The first-order valence-electron chi connectivity index (χ1n) is 5.62. The topological polar surface area (TPSA) is 83.2 Å². The zero-order valence-corrected chi connectivity index (χ0v) is 10.2. The largest absolute Gasteiger partial charge is 0.488 e. The van der Waals surface area contributed by atoms with E-state index in [4.69, 9.17) is 15.1 Å². The second kappa shape index (κ2) is 5.80. The number of aromatic carboxylic acids is 1. The highest BCUT2D eigenvalue weighted by Gasteiger charge is 2.17. The molecule has 0 saturated carbocycles. The maximum atomic E-state index is 13.4. The van der Waals surface area contributed by atoms with E-state index in [-0.39, 0.29) is 18.1 Å². The van der Waals surface area contributed by atoms with Gasteiger partial charge in [0.1, 0.15) is 35.5 Å². The van der Waals surface area contributed by atoms with E-state index in [1.807, 2.05) is 6.07 Å². The van der Waals surface area contributed by atoms with Crippen LogP contribution in [-0.4, -0.2) is 16.1 Å². The third-order valence-corrected chi connectivity index (χ3v) is 2.57. The van der Waals surface area contributed by atoms with E-state index in [1.54, 1.807) is 12.1 Å². The van der Waals surface area contributed by atoms with Crippen molar-refractivity contribution in [1.29, 1.82) is 5.26 Å². The molecule has 20 heavy (non-hydrogen) atoms. The van der Waals surface area contributed by atoms with Crippen LogP contribution in [0.4, 0.5) is 4.39 Å². The molecule has 0 aliphatic carbocycles. The Hall–Kier alpha value is -2.94. The minimum absolute atomic E-state index is 0.0690. The molecular formula is C14H9FN2O3. The van der Waals surface area contributed by atoms with Crippen LogP contribution in [0.5, 0.6) is 5.75 Å². The first-order valence-corrected chi connectivity index (χ1v) is 5.62.